The summed E-state index contributed by atoms with van der Waals surface area (Å²) in [5.41, 5.74) is 3.15. The lowest BCUT2D eigenvalue weighted by atomic mass is 10.1. The highest BCUT2D eigenvalue weighted by Crippen LogP contribution is 2.25. The molecule has 0 aliphatic rings. The first-order valence-corrected chi connectivity index (χ1v) is 9.26. The first kappa shape index (κ1) is 18.8. The third kappa shape index (κ3) is 4.40. The summed E-state index contributed by atoms with van der Waals surface area (Å²) in [5, 5.41) is 14.8. The smallest absolute Gasteiger partial charge is 0.237 e. The molecule has 138 valence electrons. The van der Waals surface area contributed by atoms with Crippen molar-refractivity contribution in [2.45, 2.75) is 31.2 Å². The normalized spacial score (nSPS) is 11.8. The van der Waals surface area contributed by atoms with E-state index < -0.39 is 5.25 Å². The second-order valence-corrected chi connectivity index (χ2v) is 7.35. The molecule has 1 aromatic heterocycles. The van der Waals surface area contributed by atoms with Crippen molar-refractivity contribution in [3.8, 4) is 5.69 Å². The third-order valence-electron chi connectivity index (χ3n) is 3.99. The number of benzene rings is 2. The molecule has 0 unspecified atom stereocenters. The molecular weight excluding hydrogens is 362 g/mol. The molecule has 0 saturated carbocycles. The van der Waals surface area contributed by atoms with E-state index in [1.54, 1.807) is 35.9 Å². The van der Waals surface area contributed by atoms with Crippen LogP contribution in [-0.2, 0) is 4.79 Å². The van der Waals surface area contributed by atoms with Crippen molar-refractivity contribution >= 4 is 29.1 Å². The molecule has 0 aliphatic carbocycles. The Morgan fingerprint density at radius 2 is 1.81 bits per heavy atom. The van der Waals surface area contributed by atoms with E-state index in [4.69, 9.17) is 0 Å². The lowest BCUT2D eigenvalue weighted by molar-refractivity contribution is -0.115. The van der Waals surface area contributed by atoms with Gasteiger partial charge in [0.05, 0.1) is 10.9 Å². The molecule has 2 aromatic carbocycles. The quantitative estimate of drug-likeness (QED) is 0.520. The molecule has 0 saturated heterocycles. The Kier molecular flexibility index (Phi) is 5.66. The van der Waals surface area contributed by atoms with E-state index >= 15 is 0 Å². The molecule has 7 nitrogen and oxygen atoms in total. The van der Waals surface area contributed by atoms with Gasteiger partial charge in [0, 0.05) is 11.3 Å². The van der Waals surface area contributed by atoms with Crippen molar-refractivity contribution in [2.75, 3.05) is 5.32 Å². The van der Waals surface area contributed by atoms with Crippen molar-refractivity contribution < 1.29 is 9.59 Å². The van der Waals surface area contributed by atoms with Crippen molar-refractivity contribution in [1.82, 2.24) is 20.2 Å². The maximum absolute atomic E-state index is 12.5. The molecule has 27 heavy (non-hydrogen) atoms. The Morgan fingerprint density at radius 3 is 2.48 bits per heavy atom. The van der Waals surface area contributed by atoms with Crippen LogP contribution in [0.3, 0.4) is 0 Å². The number of thioether (sulfide) groups is 1. The standard InChI is InChI=1S/C19H19N5O2S/c1-12-6-4-5-7-17(12)24-19(21-22-23-24)27-14(3)18(26)20-16-10-8-15(9-11-16)13(2)25/h4-11,14H,1-3H3,(H,20,26)/t14-/m1/s1. The maximum atomic E-state index is 12.5. The van der Waals surface area contributed by atoms with Crippen molar-refractivity contribution in [3.63, 3.8) is 0 Å². The first-order valence-electron chi connectivity index (χ1n) is 8.38. The average Bonchev–Trinajstić information content (AvgIpc) is 3.10. The van der Waals surface area contributed by atoms with Crippen LogP contribution in [0.2, 0.25) is 0 Å². The van der Waals surface area contributed by atoms with Crippen LogP contribution in [-0.4, -0.2) is 37.1 Å². The summed E-state index contributed by atoms with van der Waals surface area (Å²) < 4.78 is 1.63. The van der Waals surface area contributed by atoms with Gasteiger partial charge < -0.3 is 5.32 Å². The number of tetrazole rings is 1. The molecule has 0 aliphatic heterocycles. The summed E-state index contributed by atoms with van der Waals surface area (Å²) in [6.45, 7) is 5.28. The van der Waals surface area contributed by atoms with Crippen molar-refractivity contribution in [3.05, 3.63) is 59.7 Å². The van der Waals surface area contributed by atoms with Crippen molar-refractivity contribution in [2.24, 2.45) is 0 Å². The number of para-hydroxylation sites is 1. The molecule has 0 bridgehead atoms. The van der Waals surface area contributed by atoms with Gasteiger partial charge in [-0.2, -0.15) is 4.68 Å². The predicted octanol–water partition coefficient (Wildman–Crippen LogP) is 3.29. The highest BCUT2D eigenvalue weighted by Gasteiger charge is 2.20. The van der Waals surface area contributed by atoms with Crippen LogP contribution in [0.15, 0.2) is 53.7 Å². The number of rotatable bonds is 6. The summed E-state index contributed by atoms with van der Waals surface area (Å²) in [6, 6.07) is 14.6. The third-order valence-corrected chi connectivity index (χ3v) is 5.03. The molecule has 1 heterocycles. The Labute approximate surface area is 161 Å². The van der Waals surface area contributed by atoms with Crippen LogP contribution in [0, 0.1) is 6.92 Å². The molecule has 3 aromatic rings. The highest BCUT2D eigenvalue weighted by atomic mass is 32.2. The molecule has 1 N–H and O–H groups in total. The fourth-order valence-electron chi connectivity index (χ4n) is 2.45. The van der Waals surface area contributed by atoms with Gasteiger partial charge in [-0.1, -0.05) is 30.0 Å². The lowest BCUT2D eigenvalue weighted by Gasteiger charge is -2.12. The number of aromatic nitrogens is 4. The zero-order valence-electron chi connectivity index (χ0n) is 15.2. The minimum Gasteiger partial charge on any atom is -0.325 e. The minimum atomic E-state index is -0.411. The Balaban J connectivity index is 1.70. The summed E-state index contributed by atoms with van der Waals surface area (Å²) in [6.07, 6.45) is 0. The van der Waals surface area contributed by atoms with Crippen LogP contribution in [0.1, 0.15) is 29.8 Å². The van der Waals surface area contributed by atoms with Gasteiger partial charge in [0.25, 0.3) is 0 Å². The number of nitrogens with zero attached hydrogens (tertiary/aromatic N) is 4. The number of ketones is 1. The monoisotopic (exact) mass is 381 g/mol. The van der Waals surface area contributed by atoms with E-state index in [1.165, 1.54) is 18.7 Å². The van der Waals surface area contributed by atoms with Gasteiger partial charge in [-0.25, -0.2) is 0 Å². The average molecular weight is 381 g/mol. The predicted molar refractivity (Wildman–Crippen MR) is 104 cm³/mol. The van der Waals surface area contributed by atoms with E-state index in [1.807, 2.05) is 31.2 Å². The van der Waals surface area contributed by atoms with Gasteiger partial charge in [-0.15, -0.1) is 5.10 Å². The second-order valence-electron chi connectivity index (χ2n) is 6.04. The summed E-state index contributed by atoms with van der Waals surface area (Å²) >= 11 is 1.28. The van der Waals surface area contributed by atoms with Crippen LogP contribution >= 0.6 is 11.8 Å². The highest BCUT2D eigenvalue weighted by molar-refractivity contribution is 8.00. The van der Waals surface area contributed by atoms with Crippen LogP contribution in [0.25, 0.3) is 5.69 Å². The Morgan fingerprint density at radius 1 is 1.11 bits per heavy atom. The summed E-state index contributed by atoms with van der Waals surface area (Å²) in [5.74, 6) is -0.185. The van der Waals surface area contributed by atoms with E-state index in [-0.39, 0.29) is 11.7 Å². The van der Waals surface area contributed by atoms with E-state index in [0.29, 0.717) is 16.4 Å². The Hall–Kier alpha value is -3.00. The number of Topliss-reactive ketones (excluding diaryl/α,β-unsaturated/α-hetero) is 1. The summed E-state index contributed by atoms with van der Waals surface area (Å²) in [4.78, 5) is 23.8. The number of hydrogen-bond acceptors (Lipinski definition) is 6. The fourth-order valence-corrected chi connectivity index (χ4v) is 3.25. The van der Waals surface area contributed by atoms with E-state index in [2.05, 4.69) is 20.8 Å². The molecule has 8 heteroatoms. The number of amides is 1. The number of hydrogen-bond donors (Lipinski definition) is 1. The van der Waals surface area contributed by atoms with Gasteiger partial charge >= 0.3 is 0 Å². The van der Waals surface area contributed by atoms with Gasteiger partial charge in [0.1, 0.15) is 0 Å². The van der Waals surface area contributed by atoms with Crippen LogP contribution in [0.5, 0.6) is 0 Å². The largest absolute Gasteiger partial charge is 0.325 e. The molecule has 1 amide bonds. The number of anilines is 1. The Bertz CT molecular complexity index is 968. The van der Waals surface area contributed by atoms with E-state index in [0.717, 1.165) is 11.3 Å². The van der Waals surface area contributed by atoms with Gasteiger partial charge in [-0.05, 0) is 67.1 Å². The van der Waals surface area contributed by atoms with Gasteiger partial charge in [0.2, 0.25) is 11.1 Å². The minimum absolute atomic E-state index is 0.0140. The first-order chi connectivity index (χ1) is 13.0. The van der Waals surface area contributed by atoms with Crippen molar-refractivity contribution in [1.29, 1.82) is 0 Å². The number of nitrogens with one attached hydrogen (secondary N) is 1. The lowest BCUT2D eigenvalue weighted by Crippen LogP contribution is -2.23. The number of carbonyl (C=O) groups is 2. The molecular formula is C19H19N5O2S. The van der Waals surface area contributed by atoms with Crippen LogP contribution < -0.4 is 5.32 Å². The summed E-state index contributed by atoms with van der Waals surface area (Å²) in [7, 11) is 0. The molecule has 1 atom stereocenters. The number of aryl methyl sites for hydroxylation is 1. The van der Waals surface area contributed by atoms with Crippen LogP contribution in [0.4, 0.5) is 5.69 Å². The molecule has 0 spiro atoms. The SMILES string of the molecule is CC(=O)c1ccc(NC(=O)[C@@H](C)Sc2nnnn2-c2ccccc2C)cc1. The van der Waals surface area contributed by atoms with E-state index in [9.17, 15) is 9.59 Å². The second kappa shape index (κ2) is 8.13. The molecule has 0 fully saturated rings. The topological polar surface area (TPSA) is 89.8 Å². The zero-order chi connectivity index (χ0) is 19.4. The molecule has 0 radical (unpaired) electrons. The molecule has 3 rings (SSSR count). The zero-order valence-corrected chi connectivity index (χ0v) is 16.0. The van der Waals surface area contributed by atoms with Gasteiger partial charge in [0.15, 0.2) is 5.78 Å². The van der Waals surface area contributed by atoms with Gasteiger partial charge in [-0.3, -0.25) is 9.59 Å². The fraction of sp³-hybridized carbons (Fsp3) is 0.211. The maximum Gasteiger partial charge on any atom is 0.237 e. The number of carbonyl (C=O) groups excluding carboxylic acids is 2.